The van der Waals surface area contributed by atoms with E-state index < -0.39 is 5.79 Å². The van der Waals surface area contributed by atoms with Crippen LogP contribution in [0.15, 0.2) is 0 Å². The van der Waals surface area contributed by atoms with Crippen molar-refractivity contribution in [2.24, 2.45) is 0 Å². The number of hydrogen-bond donors (Lipinski definition) is 2. The number of hydrogen-bond acceptors (Lipinski definition) is 3. The molecular weight excluding hydrogens is 120 g/mol. The average molecular weight is 132 g/mol. The normalized spacial score (nSPS) is 45.0. The van der Waals surface area contributed by atoms with Gasteiger partial charge in [-0.25, -0.2) is 0 Å². The van der Waals surface area contributed by atoms with Crippen LogP contribution in [0.1, 0.15) is 19.8 Å². The van der Waals surface area contributed by atoms with Gasteiger partial charge in [0, 0.05) is 6.42 Å². The summed E-state index contributed by atoms with van der Waals surface area (Å²) in [6, 6.07) is 0. The largest absolute Gasteiger partial charge is 0.391 e. The molecule has 0 aromatic rings. The Kier molecular flexibility index (Phi) is 1.75. The van der Waals surface area contributed by atoms with Crippen LogP contribution in [0.4, 0.5) is 0 Å². The smallest absolute Gasteiger partial charge is 0.162 e. The van der Waals surface area contributed by atoms with Crippen LogP contribution >= 0.6 is 0 Å². The SMILES string of the molecule is CC1(O)CCC(O)CO1. The van der Waals surface area contributed by atoms with E-state index in [0.717, 1.165) is 0 Å². The second-order valence-electron chi connectivity index (χ2n) is 2.68. The minimum atomic E-state index is -1.00. The molecule has 1 saturated heterocycles. The first kappa shape index (κ1) is 6.99. The van der Waals surface area contributed by atoms with Crippen LogP contribution in [-0.2, 0) is 4.74 Å². The van der Waals surface area contributed by atoms with Gasteiger partial charge < -0.3 is 14.9 Å². The first-order valence-corrected chi connectivity index (χ1v) is 3.14. The van der Waals surface area contributed by atoms with Crippen molar-refractivity contribution in [2.45, 2.75) is 31.7 Å². The predicted molar refractivity (Wildman–Crippen MR) is 31.8 cm³/mol. The summed E-state index contributed by atoms with van der Waals surface area (Å²) in [5.74, 6) is -1.00. The highest BCUT2D eigenvalue weighted by Gasteiger charge is 2.27. The lowest BCUT2D eigenvalue weighted by Gasteiger charge is -2.30. The molecule has 0 aromatic heterocycles. The minimum Gasteiger partial charge on any atom is -0.391 e. The molecular formula is C6H12O3. The van der Waals surface area contributed by atoms with Gasteiger partial charge in [-0.2, -0.15) is 0 Å². The third-order valence-corrected chi connectivity index (χ3v) is 1.53. The van der Waals surface area contributed by atoms with Gasteiger partial charge in [-0.15, -0.1) is 0 Å². The number of ether oxygens (including phenoxy) is 1. The van der Waals surface area contributed by atoms with Crippen molar-refractivity contribution in [3.8, 4) is 0 Å². The average Bonchev–Trinajstić information content (AvgIpc) is 1.78. The first-order chi connectivity index (χ1) is 4.10. The van der Waals surface area contributed by atoms with Crippen molar-refractivity contribution in [1.29, 1.82) is 0 Å². The van der Waals surface area contributed by atoms with E-state index in [1.54, 1.807) is 6.92 Å². The maximum absolute atomic E-state index is 9.16. The number of rotatable bonds is 0. The highest BCUT2D eigenvalue weighted by molar-refractivity contribution is 4.70. The monoisotopic (exact) mass is 132 g/mol. The lowest BCUT2D eigenvalue weighted by molar-refractivity contribution is -0.232. The van der Waals surface area contributed by atoms with E-state index in [2.05, 4.69) is 0 Å². The second-order valence-corrected chi connectivity index (χ2v) is 2.68. The second kappa shape index (κ2) is 2.25. The summed E-state index contributed by atoms with van der Waals surface area (Å²) in [4.78, 5) is 0. The molecule has 3 nitrogen and oxygen atoms in total. The Labute approximate surface area is 54.3 Å². The molecule has 1 rings (SSSR count). The lowest BCUT2D eigenvalue weighted by atomic mass is 10.1. The molecule has 0 spiro atoms. The fourth-order valence-electron chi connectivity index (χ4n) is 0.866. The number of aliphatic hydroxyl groups is 2. The van der Waals surface area contributed by atoms with Gasteiger partial charge in [-0.3, -0.25) is 0 Å². The van der Waals surface area contributed by atoms with Crippen molar-refractivity contribution in [3.63, 3.8) is 0 Å². The molecule has 9 heavy (non-hydrogen) atoms. The van der Waals surface area contributed by atoms with Gasteiger partial charge in [0.1, 0.15) is 0 Å². The predicted octanol–water partition coefficient (Wildman–Crippen LogP) is -0.134. The molecule has 0 amide bonds. The summed E-state index contributed by atoms with van der Waals surface area (Å²) in [6.45, 7) is 1.87. The van der Waals surface area contributed by atoms with Crippen LogP contribution in [-0.4, -0.2) is 28.7 Å². The molecule has 0 radical (unpaired) electrons. The Morgan fingerprint density at radius 1 is 1.67 bits per heavy atom. The van der Waals surface area contributed by atoms with Gasteiger partial charge in [0.2, 0.25) is 0 Å². The van der Waals surface area contributed by atoms with E-state index in [9.17, 15) is 0 Å². The van der Waals surface area contributed by atoms with Crippen LogP contribution in [0, 0.1) is 0 Å². The van der Waals surface area contributed by atoms with Gasteiger partial charge in [-0.05, 0) is 13.3 Å². The Morgan fingerprint density at radius 3 is 2.67 bits per heavy atom. The van der Waals surface area contributed by atoms with Crippen LogP contribution in [0.2, 0.25) is 0 Å². The lowest BCUT2D eigenvalue weighted by Crippen LogP contribution is -2.38. The Bertz CT molecular complexity index is 90.5. The summed E-state index contributed by atoms with van der Waals surface area (Å²) in [5, 5.41) is 18.1. The van der Waals surface area contributed by atoms with Crippen LogP contribution in [0.3, 0.4) is 0 Å². The zero-order chi connectivity index (χ0) is 6.91. The maximum Gasteiger partial charge on any atom is 0.162 e. The zero-order valence-corrected chi connectivity index (χ0v) is 5.50. The van der Waals surface area contributed by atoms with Gasteiger partial charge in [0.05, 0.1) is 12.7 Å². The molecule has 1 aliphatic rings. The van der Waals surface area contributed by atoms with Crippen molar-refractivity contribution in [2.75, 3.05) is 6.61 Å². The van der Waals surface area contributed by atoms with Gasteiger partial charge >= 0.3 is 0 Å². The van der Waals surface area contributed by atoms with Crippen molar-refractivity contribution in [3.05, 3.63) is 0 Å². The minimum absolute atomic E-state index is 0.257. The summed E-state index contributed by atoms with van der Waals surface area (Å²) < 4.78 is 4.88. The Morgan fingerprint density at radius 2 is 2.33 bits per heavy atom. The standard InChI is InChI=1S/C6H12O3/c1-6(8)3-2-5(7)4-9-6/h5,7-8H,2-4H2,1H3. The van der Waals surface area contributed by atoms with E-state index in [1.165, 1.54) is 0 Å². The van der Waals surface area contributed by atoms with Gasteiger partial charge in [0.25, 0.3) is 0 Å². The van der Waals surface area contributed by atoms with Crippen molar-refractivity contribution in [1.82, 2.24) is 0 Å². The molecule has 54 valence electrons. The first-order valence-electron chi connectivity index (χ1n) is 3.14. The molecule has 0 saturated carbocycles. The van der Waals surface area contributed by atoms with E-state index in [0.29, 0.717) is 12.8 Å². The van der Waals surface area contributed by atoms with E-state index in [-0.39, 0.29) is 12.7 Å². The highest BCUT2D eigenvalue weighted by atomic mass is 16.6. The highest BCUT2D eigenvalue weighted by Crippen LogP contribution is 2.20. The van der Waals surface area contributed by atoms with Crippen molar-refractivity contribution < 1.29 is 14.9 Å². The van der Waals surface area contributed by atoms with Gasteiger partial charge in [-0.1, -0.05) is 0 Å². The van der Waals surface area contributed by atoms with E-state index >= 15 is 0 Å². The molecule has 2 atom stereocenters. The molecule has 3 heteroatoms. The summed E-state index contributed by atoms with van der Waals surface area (Å²) >= 11 is 0. The molecule has 0 bridgehead atoms. The molecule has 1 fully saturated rings. The topological polar surface area (TPSA) is 49.7 Å². The van der Waals surface area contributed by atoms with Gasteiger partial charge in [0.15, 0.2) is 5.79 Å². The molecule has 1 aliphatic heterocycles. The van der Waals surface area contributed by atoms with Crippen molar-refractivity contribution >= 4 is 0 Å². The maximum atomic E-state index is 9.16. The molecule has 1 heterocycles. The van der Waals surface area contributed by atoms with Crippen LogP contribution in [0.25, 0.3) is 0 Å². The van der Waals surface area contributed by atoms with E-state index in [4.69, 9.17) is 14.9 Å². The summed E-state index contributed by atoms with van der Waals surface area (Å²) in [6.07, 6.45) is 0.770. The zero-order valence-electron chi connectivity index (χ0n) is 5.50. The third-order valence-electron chi connectivity index (χ3n) is 1.53. The van der Waals surface area contributed by atoms with E-state index in [1.807, 2.05) is 0 Å². The fourth-order valence-corrected chi connectivity index (χ4v) is 0.866. The fraction of sp³-hybridized carbons (Fsp3) is 1.00. The van der Waals surface area contributed by atoms with Crippen LogP contribution in [0.5, 0.6) is 0 Å². The Balaban J connectivity index is 2.35. The number of aliphatic hydroxyl groups excluding tert-OH is 1. The van der Waals surface area contributed by atoms with Crippen LogP contribution < -0.4 is 0 Å². The molecule has 0 aromatic carbocycles. The summed E-state index contributed by atoms with van der Waals surface area (Å²) in [5.41, 5.74) is 0. The molecule has 2 N–H and O–H groups in total. The molecule has 0 aliphatic carbocycles. The Hall–Kier alpha value is -0.120. The third kappa shape index (κ3) is 1.93. The summed E-state index contributed by atoms with van der Waals surface area (Å²) in [7, 11) is 0. The quantitative estimate of drug-likeness (QED) is 0.482. The molecule has 2 unspecified atom stereocenters.